The van der Waals surface area contributed by atoms with Crippen molar-refractivity contribution in [3.63, 3.8) is 0 Å². The highest BCUT2D eigenvalue weighted by Gasteiger charge is 2.34. The SMILES string of the molecule is CCOP(=O)(OCC)/C(OCC[Si](C)(C)C)=C(\C)c1ccccc1. The second-order valence-corrected chi connectivity index (χ2v) is 14.3. The topological polar surface area (TPSA) is 44.8 Å². The Morgan fingerprint density at radius 1 is 1.04 bits per heavy atom. The molecule has 0 aliphatic rings. The minimum atomic E-state index is -3.46. The van der Waals surface area contributed by atoms with Crippen LogP contribution in [0.25, 0.3) is 5.57 Å². The van der Waals surface area contributed by atoms with Gasteiger partial charge in [0.15, 0.2) is 0 Å². The molecule has 0 bridgehead atoms. The molecular weight excluding hydrogens is 339 g/mol. The van der Waals surface area contributed by atoms with Crippen molar-refractivity contribution in [1.29, 1.82) is 0 Å². The smallest absolute Gasteiger partial charge is 0.395 e. The summed E-state index contributed by atoms with van der Waals surface area (Å²) < 4.78 is 30.3. The first-order valence-electron chi connectivity index (χ1n) is 8.52. The number of rotatable bonds is 10. The van der Waals surface area contributed by atoms with Crippen LogP contribution in [0.2, 0.25) is 25.7 Å². The summed E-state index contributed by atoms with van der Waals surface area (Å²) in [5.74, 6) is 0. The summed E-state index contributed by atoms with van der Waals surface area (Å²) in [6.45, 7) is 13.5. The van der Waals surface area contributed by atoms with E-state index in [1.54, 1.807) is 0 Å². The second kappa shape index (κ2) is 9.57. The van der Waals surface area contributed by atoms with Crippen molar-refractivity contribution in [3.8, 4) is 0 Å². The molecule has 0 aliphatic heterocycles. The van der Waals surface area contributed by atoms with Crippen LogP contribution in [-0.2, 0) is 18.3 Å². The molecular formula is C18H31O4PSi. The Labute approximate surface area is 147 Å². The molecule has 0 N–H and O–H groups in total. The van der Waals surface area contributed by atoms with Gasteiger partial charge in [-0.1, -0.05) is 50.0 Å². The van der Waals surface area contributed by atoms with Gasteiger partial charge in [0, 0.05) is 13.6 Å². The maximum atomic E-state index is 13.3. The van der Waals surface area contributed by atoms with Crippen LogP contribution in [0.5, 0.6) is 0 Å². The first kappa shape index (κ1) is 21.2. The zero-order valence-electron chi connectivity index (χ0n) is 15.8. The maximum Gasteiger partial charge on any atom is 0.395 e. The van der Waals surface area contributed by atoms with Gasteiger partial charge in [-0.05, 0) is 32.4 Å². The molecule has 0 atom stereocenters. The summed E-state index contributed by atoms with van der Waals surface area (Å²) in [6, 6.07) is 10.8. The molecule has 136 valence electrons. The minimum absolute atomic E-state index is 0.306. The molecule has 0 amide bonds. The molecule has 0 unspecified atom stereocenters. The van der Waals surface area contributed by atoms with Crippen molar-refractivity contribution in [2.45, 2.75) is 46.5 Å². The molecule has 0 radical (unpaired) electrons. The monoisotopic (exact) mass is 370 g/mol. The maximum absolute atomic E-state index is 13.3. The molecule has 6 heteroatoms. The van der Waals surface area contributed by atoms with Gasteiger partial charge < -0.3 is 13.8 Å². The van der Waals surface area contributed by atoms with E-state index in [4.69, 9.17) is 13.8 Å². The molecule has 1 aromatic carbocycles. The quantitative estimate of drug-likeness (QED) is 0.288. The molecule has 0 saturated carbocycles. The normalized spacial score (nSPS) is 13.6. The Morgan fingerprint density at radius 2 is 1.58 bits per heavy atom. The van der Waals surface area contributed by atoms with Crippen molar-refractivity contribution in [2.75, 3.05) is 19.8 Å². The molecule has 0 aromatic heterocycles. The van der Waals surface area contributed by atoms with E-state index in [2.05, 4.69) is 19.6 Å². The highest BCUT2D eigenvalue weighted by Crippen LogP contribution is 2.58. The van der Waals surface area contributed by atoms with E-state index in [9.17, 15) is 4.57 Å². The summed E-state index contributed by atoms with van der Waals surface area (Å²) in [5, 5.41) is 0. The summed E-state index contributed by atoms with van der Waals surface area (Å²) in [7, 11) is -4.71. The lowest BCUT2D eigenvalue weighted by Crippen LogP contribution is -2.21. The number of benzene rings is 1. The van der Waals surface area contributed by atoms with E-state index >= 15 is 0 Å². The molecule has 24 heavy (non-hydrogen) atoms. The fraction of sp³-hybridized carbons (Fsp3) is 0.556. The van der Waals surface area contributed by atoms with Crippen molar-refractivity contribution in [1.82, 2.24) is 0 Å². The molecule has 0 fully saturated rings. The van der Waals surface area contributed by atoms with Crippen LogP contribution in [0.4, 0.5) is 0 Å². The average molecular weight is 371 g/mol. The van der Waals surface area contributed by atoms with Gasteiger partial charge in [0.2, 0.25) is 5.50 Å². The number of allylic oxidation sites excluding steroid dienone is 1. The zero-order valence-corrected chi connectivity index (χ0v) is 17.7. The van der Waals surface area contributed by atoms with E-state index in [-0.39, 0.29) is 0 Å². The lowest BCUT2D eigenvalue weighted by Gasteiger charge is -2.24. The van der Waals surface area contributed by atoms with Gasteiger partial charge in [0.05, 0.1) is 19.8 Å². The lowest BCUT2D eigenvalue weighted by atomic mass is 10.1. The van der Waals surface area contributed by atoms with Crippen molar-refractivity contribution < 1.29 is 18.3 Å². The number of hydrogen-bond acceptors (Lipinski definition) is 4. The number of hydrogen-bond donors (Lipinski definition) is 0. The van der Waals surface area contributed by atoms with Gasteiger partial charge in [0.25, 0.3) is 0 Å². The van der Waals surface area contributed by atoms with Crippen LogP contribution >= 0.6 is 7.60 Å². The lowest BCUT2D eigenvalue weighted by molar-refractivity contribution is 0.184. The van der Waals surface area contributed by atoms with Gasteiger partial charge in [-0.15, -0.1) is 0 Å². The summed E-state index contributed by atoms with van der Waals surface area (Å²) >= 11 is 0. The Kier molecular flexibility index (Phi) is 8.44. The highest BCUT2D eigenvalue weighted by atomic mass is 31.2. The number of ether oxygens (including phenoxy) is 1. The predicted molar refractivity (Wildman–Crippen MR) is 104 cm³/mol. The second-order valence-electron chi connectivity index (χ2n) is 6.79. The van der Waals surface area contributed by atoms with Crippen LogP contribution in [0.1, 0.15) is 26.3 Å². The summed E-state index contributed by atoms with van der Waals surface area (Å²) in [6.07, 6.45) is 0. The standard InChI is InChI=1S/C18H31O4PSi/c1-7-21-23(19,22-8-2)18(20-14-15-24(4,5)6)16(3)17-12-10-9-11-13-17/h9-13H,7-8,14-15H2,1-6H3/b18-16+. The van der Waals surface area contributed by atoms with E-state index < -0.39 is 15.7 Å². The fourth-order valence-corrected chi connectivity index (χ4v) is 4.65. The van der Waals surface area contributed by atoms with E-state index in [0.717, 1.165) is 17.2 Å². The van der Waals surface area contributed by atoms with Gasteiger partial charge >= 0.3 is 7.60 Å². The molecule has 1 aromatic rings. The van der Waals surface area contributed by atoms with Crippen LogP contribution in [0, 0.1) is 0 Å². The minimum Gasteiger partial charge on any atom is -0.486 e. The van der Waals surface area contributed by atoms with Crippen molar-refractivity contribution in [3.05, 3.63) is 41.4 Å². The van der Waals surface area contributed by atoms with Crippen LogP contribution in [-0.4, -0.2) is 27.9 Å². The van der Waals surface area contributed by atoms with E-state index in [1.165, 1.54) is 0 Å². The molecule has 1 rings (SSSR count). The third kappa shape index (κ3) is 6.56. The Balaban J connectivity index is 3.22. The molecule has 0 saturated heterocycles. The summed E-state index contributed by atoms with van der Waals surface area (Å²) in [4.78, 5) is 0. The predicted octanol–water partition coefficient (Wildman–Crippen LogP) is 6.00. The molecule has 0 aliphatic carbocycles. The first-order chi connectivity index (χ1) is 11.2. The van der Waals surface area contributed by atoms with Crippen LogP contribution in [0.3, 0.4) is 0 Å². The third-order valence-electron chi connectivity index (χ3n) is 3.47. The molecule has 4 nitrogen and oxygen atoms in total. The van der Waals surface area contributed by atoms with Gasteiger partial charge in [0.1, 0.15) is 0 Å². The zero-order chi connectivity index (χ0) is 18.2. The average Bonchev–Trinajstić information content (AvgIpc) is 2.51. The largest absolute Gasteiger partial charge is 0.486 e. The van der Waals surface area contributed by atoms with Crippen LogP contribution < -0.4 is 0 Å². The Hall–Kier alpha value is -0.873. The fourth-order valence-electron chi connectivity index (χ4n) is 2.15. The van der Waals surface area contributed by atoms with Crippen molar-refractivity contribution in [2.24, 2.45) is 0 Å². The molecule has 0 spiro atoms. The highest BCUT2D eigenvalue weighted by molar-refractivity contribution is 7.58. The molecule has 0 heterocycles. The van der Waals surface area contributed by atoms with Crippen molar-refractivity contribution >= 4 is 21.2 Å². The summed E-state index contributed by atoms with van der Waals surface area (Å²) in [5.41, 5.74) is 2.10. The Bertz CT molecular complexity index is 568. The van der Waals surface area contributed by atoms with Gasteiger partial charge in [-0.25, -0.2) is 0 Å². The van der Waals surface area contributed by atoms with Crippen LogP contribution in [0.15, 0.2) is 35.8 Å². The van der Waals surface area contributed by atoms with Gasteiger partial charge in [-0.3, -0.25) is 4.57 Å². The third-order valence-corrected chi connectivity index (χ3v) is 7.33. The van der Waals surface area contributed by atoms with E-state index in [1.807, 2.05) is 51.1 Å². The first-order valence-corrected chi connectivity index (χ1v) is 13.8. The van der Waals surface area contributed by atoms with Gasteiger partial charge in [-0.2, -0.15) is 0 Å². The van der Waals surface area contributed by atoms with E-state index in [0.29, 0.717) is 25.3 Å². The Morgan fingerprint density at radius 3 is 2.04 bits per heavy atom.